The Morgan fingerprint density at radius 1 is 1.41 bits per heavy atom. The summed E-state index contributed by atoms with van der Waals surface area (Å²) in [6, 6.07) is 5.16. The van der Waals surface area contributed by atoms with Gasteiger partial charge in [-0.05, 0) is 36.6 Å². The summed E-state index contributed by atoms with van der Waals surface area (Å²) in [5.41, 5.74) is 13.0. The number of hydrogen-bond donors (Lipinski definition) is 4. The number of thioether (sulfide) groups is 1. The summed E-state index contributed by atoms with van der Waals surface area (Å²) >= 11 is 1.33. The molecular weight excluding hydrogens is 364 g/mol. The SMILES string of the molecule is CCOC1=C(C(=O)Nc2ccc(OCCN)c(/C(N)=C/C=N)c2)SC=CC1. The summed E-state index contributed by atoms with van der Waals surface area (Å²) in [4.78, 5) is 13.2. The lowest BCUT2D eigenvalue weighted by Gasteiger charge is -2.17. The van der Waals surface area contributed by atoms with E-state index in [0.29, 0.717) is 59.5 Å². The van der Waals surface area contributed by atoms with E-state index in [9.17, 15) is 4.79 Å². The van der Waals surface area contributed by atoms with Crippen molar-refractivity contribution in [2.75, 3.05) is 25.1 Å². The molecule has 0 saturated carbocycles. The maximum atomic E-state index is 12.7. The molecule has 0 aliphatic carbocycles. The van der Waals surface area contributed by atoms with E-state index in [2.05, 4.69) is 5.32 Å². The van der Waals surface area contributed by atoms with E-state index in [1.807, 2.05) is 18.4 Å². The monoisotopic (exact) mass is 388 g/mol. The molecule has 0 fully saturated rings. The number of benzene rings is 1. The quantitative estimate of drug-likeness (QED) is 0.482. The molecule has 0 aromatic heterocycles. The standard InChI is InChI=1S/C19H24N4O3S/c1-2-25-17-4-3-11-27-18(17)19(24)23-13-5-6-16(26-10-9-21)14(12-13)15(22)7-8-20/h3,5-8,11-12,20H,2,4,9-10,21-22H2,1H3,(H,23,24)/b15-7-,20-8?. The molecule has 0 atom stereocenters. The fourth-order valence-corrected chi connectivity index (χ4v) is 3.16. The number of anilines is 1. The Balaban J connectivity index is 2.27. The number of allylic oxidation sites excluding steroid dienone is 2. The number of hydrogen-bond acceptors (Lipinski definition) is 7. The second kappa shape index (κ2) is 10.4. The van der Waals surface area contributed by atoms with Crippen molar-refractivity contribution in [3.63, 3.8) is 0 Å². The van der Waals surface area contributed by atoms with Gasteiger partial charge in [0.2, 0.25) is 0 Å². The van der Waals surface area contributed by atoms with Crippen LogP contribution < -0.4 is 21.5 Å². The second-order valence-electron chi connectivity index (χ2n) is 5.47. The molecule has 7 nitrogen and oxygen atoms in total. The number of nitrogens with one attached hydrogen (secondary N) is 2. The minimum absolute atomic E-state index is 0.246. The molecule has 6 N–H and O–H groups in total. The van der Waals surface area contributed by atoms with Gasteiger partial charge in [-0.15, -0.1) is 0 Å². The van der Waals surface area contributed by atoms with Crippen molar-refractivity contribution in [1.82, 2.24) is 0 Å². The first-order valence-corrected chi connectivity index (χ1v) is 9.41. The Kier molecular flexibility index (Phi) is 7.97. The molecule has 144 valence electrons. The number of ether oxygens (including phenoxy) is 2. The van der Waals surface area contributed by atoms with Crippen molar-refractivity contribution < 1.29 is 14.3 Å². The number of nitrogens with two attached hydrogens (primary N) is 2. The number of carbonyl (C=O) groups excluding carboxylic acids is 1. The van der Waals surface area contributed by atoms with Crippen molar-refractivity contribution in [2.45, 2.75) is 13.3 Å². The van der Waals surface area contributed by atoms with Crippen molar-refractivity contribution in [1.29, 1.82) is 5.41 Å². The maximum Gasteiger partial charge on any atom is 0.265 e. The van der Waals surface area contributed by atoms with Gasteiger partial charge in [0, 0.05) is 36.1 Å². The molecule has 8 heteroatoms. The summed E-state index contributed by atoms with van der Waals surface area (Å²) in [5, 5.41) is 12.0. The number of carbonyl (C=O) groups is 1. The highest BCUT2D eigenvalue weighted by Crippen LogP contribution is 2.31. The van der Waals surface area contributed by atoms with Gasteiger partial charge in [0.15, 0.2) is 0 Å². The van der Waals surface area contributed by atoms with Crippen LogP contribution >= 0.6 is 11.8 Å². The third-order valence-electron chi connectivity index (χ3n) is 3.55. The highest BCUT2D eigenvalue weighted by molar-refractivity contribution is 8.06. The van der Waals surface area contributed by atoms with Crippen LogP contribution in [0.5, 0.6) is 5.75 Å². The maximum absolute atomic E-state index is 12.7. The average Bonchev–Trinajstić information content (AvgIpc) is 2.67. The zero-order chi connectivity index (χ0) is 19.6. The largest absolute Gasteiger partial charge is 0.497 e. The minimum atomic E-state index is -0.246. The highest BCUT2D eigenvalue weighted by atomic mass is 32.2. The van der Waals surface area contributed by atoms with E-state index in [4.69, 9.17) is 26.4 Å². The molecule has 0 unspecified atom stereocenters. The Morgan fingerprint density at radius 3 is 2.93 bits per heavy atom. The lowest BCUT2D eigenvalue weighted by molar-refractivity contribution is -0.112. The van der Waals surface area contributed by atoms with Gasteiger partial charge in [-0.1, -0.05) is 17.8 Å². The Morgan fingerprint density at radius 2 is 2.22 bits per heavy atom. The molecule has 0 spiro atoms. The predicted molar refractivity (Wildman–Crippen MR) is 111 cm³/mol. The van der Waals surface area contributed by atoms with Crippen LogP contribution in [0.1, 0.15) is 18.9 Å². The zero-order valence-corrected chi connectivity index (χ0v) is 16.0. The van der Waals surface area contributed by atoms with E-state index in [0.717, 1.165) is 6.21 Å². The Bertz CT molecular complexity index is 787. The van der Waals surface area contributed by atoms with E-state index in [1.54, 1.807) is 18.2 Å². The lowest BCUT2D eigenvalue weighted by Crippen LogP contribution is -2.17. The summed E-state index contributed by atoms with van der Waals surface area (Å²) in [6.45, 7) is 3.09. The van der Waals surface area contributed by atoms with Gasteiger partial charge in [0.1, 0.15) is 23.0 Å². The Labute approximate surface area is 163 Å². The van der Waals surface area contributed by atoms with Crippen LogP contribution in [-0.2, 0) is 9.53 Å². The molecule has 0 radical (unpaired) electrons. The average molecular weight is 388 g/mol. The van der Waals surface area contributed by atoms with Crippen molar-refractivity contribution in [3.05, 3.63) is 52.0 Å². The van der Waals surface area contributed by atoms with Gasteiger partial charge in [-0.3, -0.25) is 4.79 Å². The lowest BCUT2D eigenvalue weighted by atomic mass is 10.1. The molecular formula is C19H24N4O3S. The molecule has 1 amide bonds. The van der Waals surface area contributed by atoms with Crippen molar-refractivity contribution >= 4 is 35.3 Å². The van der Waals surface area contributed by atoms with E-state index in [-0.39, 0.29) is 5.91 Å². The summed E-state index contributed by atoms with van der Waals surface area (Å²) in [6.07, 6.45) is 5.10. The topological polar surface area (TPSA) is 123 Å². The fourth-order valence-electron chi connectivity index (χ4n) is 2.40. The molecule has 0 bridgehead atoms. The van der Waals surface area contributed by atoms with Gasteiger partial charge < -0.3 is 31.7 Å². The van der Waals surface area contributed by atoms with Crippen molar-refractivity contribution in [3.8, 4) is 5.75 Å². The van der Waals surface area contributed by atoms with E-state index in [1.165, 1.54) is 17.8 Å². The first-order valence-electron chi connectivity index (χ1n) is 8.53. The first kappa shape index (κ1) is 20.6. The summed E-state index contributed by atoms with van der Waals surface area (Å²) < 4.78 is 11.2. The van der Waals surface area contributed by atoms with Crippen LogP contribution in [0.25, 0.3) is 5.70 Å². The van der Waals surface area contributed by atoms with Crippen LogP contribution in [0.3, 0.4) is 0 Å². The Hall–Kier alpha value is -2.71. The first-order chi connectivity index (χ1) is 13.1. The molecule has 1 aliphatic rings. The predicted octanol–water partition coefficient (Wildman–Crippen LogP) is 2.81. The molecule has 1 aromatic rings. The molecule has 1 aromatic carbocycles. The van der Waals surface area contributed by atoms with Gasteiger partial charge in [0.25, 0.3) is 5.91 Å². The van der Waals surface area contributed by atoms with Gasteiger partial charge in [-0.25, -0.2) is 0 Å². The van der Waals surface area contributed by atoms with Crippen LogP contribution in [0.15, 0.2) is 46.4 Å². The second-order valence-corrected chi connectivity index (χ2v) is 6.39. The van der Waals surface area contributed by atoms with Gasteiger partial charge >= 0.3 is 0 Å². The summed E-state index contributed by atoms with van der Waals surface area (Å²) in [7, 11) is 0. The zero-order valence-electron chi connectivity index (χ0n) is 15.2. The molecule has 0 saturated heterocycles. The van der Waals surface area contributed by atoms with E-state index >= 15 is 0 Å². The minimum Gasteiger partial charge on any atom is -0.497 e. The van der Waals surface area contributed by atoms with Crippen molar-refractivity contribution in [2.24, 2.45) is 11.5 Å². The third-order valence-corrected chi connectivity index (χ3v) is 4.53. The van der Waals surface area contributed by atoms with Crippen LogP contribution in [0.4, 0.5) is 5.69 Å². The normalized spacial score (nSPS) is 14.1. The van der Waals surface area contributed by atoms with E-state index < -0.39 is 0 Å². The summed E-state index contributed by atoms with van der Waals surface area (Å²) in [5.74, 6) is 0.955. The van der Waals surface area contributed by atoms with Gasteiger partial charge in [0.05, 0.1) is 6.61 Å². The van der Waals surface area contributed by atoms with Crippen LogP contribution in [0, 0.1) is 5.41 Å². The molecule has 1 heterocycles. The molecule has 27 heavy (non-hydrogen) atoms. The highest BCUT2D eigenvalue weighted by Gasteiger charge is 2.19. The fraction of sp³-hybridized carbons (Fsp3) is 0.263. The molecule has 1 aliphatic heterocycles. The van der Waals surface area contributed by atoms with Gasteiger partial charge in [-0.2, -0.15) is 0 Å². The molecule has 2 rings (SSSR count). The number of rotatable bonds is 9. The van der Waals surface area contributed by atoms with Crippen LogP contribution in [0.2, 0.25) is 0 Å². The smallest absolute Gasteiger partial charge is 0.265 e. The third kappa shape index (κ3) is 5.63. The van der Waals surface area contributed by atoms with Crippen LogP contribution in [-0.4, -0.2) is 31.9 Å². The number of amides is 1.